The normalized spacial score (nSPS) is 16.7. The minimum absolute atomic E-state index is 0.0366. The first kappa shape index (κ1) is 18.1. The third kappa shape index (κ3) is 2.54. The van der Waals surface area contributed by atoms with E-state index in [0.717, 1.165) is 38.8 Å². The van der Waals surface area contributed by atoms with Gasteiger partial charge in [-0.3, -0.25) is 0 Å². The van der Waals surface area contributed by atoms with E-state index in [2.05, 4.69) is 96.1 Å². The highest BCUT2D eigenvalue weighted by Gasteiger charge is 2.49. The van der Waals surface area contributed by atoms with Crippen LogP contribution in [0.5, 0.6) is 0 Å². The van der Waals surface area contributed by atoms with Crippen LogP contribution in [0, 0.1) is 0 Å². The maximum Gasteiger partial charge on any atom is 0.409 e. The van der Waals surface area contributed by atoms with Gasteiger partial charge in [-0.25, -0.2) is 4.98 Å². The highest BCUT2D eigenvalue weighted by molar-refractivity contribution is 6.75. The monoisotopic (exact) mass is 406 g/mol. The molecule has 0 spiro atoms. The van der Waals surface area contributed by atoms with Crippen LogP contribution in [0.1, 0.15) is 13.8 Å². The summed E-state index contributed by atoms with van der Waals surface area (Å²) in [7, 11) is 2.12. The van der Waals surface area contributed by atoms with Gasteiger partial charge in [-0.1, -0.05) is 36.4 Å². The summed E-state index contributed by atoms with van der Waals surface area (Å²) in [5.74, 6) is 3.18. The summed E-state index contributed by atoms with van der Waals surface area (Å²) in [6.07, 6.45) is 4.06. The summed E-state index contributed by atoms with van der Waals surface area (Å²) in [6.45, 7) is 4.46. The van der Waals surface area contributed by atoms with E-state index in [1.54, 1.807) is 0 Å². The van der Waals surface area contributed by atoms with Crippen molar-refractivity contribution in [1.82, 2.24) is 9.79 Å². The number of hydrogen-bond acceptors (Lipinski definition) is 5. The lowest BCUT2D eigenvalue weighted by atomic mass is 9.68. The van der Waals surface area contributed by atoms with E-state index in [9.17, 15) is 0 Å². The zero-order chi connectivity index (χ0) is 21.2. The molecule has 2 aromatic heterocycles. The quantitative estimate of drug-likeness (QED) is 0.475. The third-order valence-corrected chi connectivity index (χ3v) is 6.36. The number of nitrogens with zero attached hydrogens (tertiary/aromatic N) is 4. The molecule has 0 bridgehead atoms. The van der Waals surface area contributed by atoms with Crippen molar-refractivity contribution in [3.05, 3.63) is 83.6 Å². The Morgan fingerprint density at radius 3 is 2.55 bits per heavy atom. The van der Waals surface area contributed by atoms with Gasteiger partial charge >= 0.3 is 6.98 Å². The fourth-order valence-electron chi connectivity index (χ4n) is 5.02. The summed E-state index contributed by atoms with van der Waals surface area (Å²) < 4.78 is 6.22. The van der Waals surface area contributed by atoms with Crippen LogP contribution in [0.25, 0.3) is 23.1 Å². The predicted octanol–water partition coefficient (Wildman–Crippen LogP) is 3.71. The van der Waals surface area contributed by atoms with Crippen LogP contribution in [0.15, 0.2) is 77.3 Å². The lowest BCUT2D eigenvalue weighted by Crippen LogP contribution is -2.62. The van der Waals surface area contributed by atoms with Crippen molar-refractivity contribution in [3.8, 4) is 0 Å². The Kier molecular flexibility index (Phi) is 3.75. The fraction of sp³-hybridized carbons (Fsp3) is 0.160. The molecule has 0 fully saturated rings. The molecule has 31 heavy (non-hydrogen) atoms. The molecule has 2 aromatic carbocycles. The van der Waals surface area contributed by atoms with Crippen molar-refractivity contribution < 1.29 is 4.42 Å². The molecule has 0 aliphatic carbocycles. The van der Waals surface area contributed by atoms with E-state index in [4.69, 9.17) is 9.40 Å². The maximum absolute atomic E-state index is 6.22. The molecule has 0 unspecified atom stereocenters. The Morgan fingerprint density at radius 1 is 0.935 bits per heavy atom. The van der Waals surface area contributed by atoms with E-state index in [0.29, 0.717) is 0 Å². The molecule has 4 aromatic rings. The van der Waals surface area contributed by atoms with Gasteiger partial charge in [-0.15, -0.1) is 0 Å². The molecule has 0 saturated carbocycles. The highest BCUT2D eigenvalue weighted by atomic mass is 16.3. The zero-order valence-electron chi connectivity index (χ0n) is 17.9. The van der Waals surface area contributed by atoms with E-state index in [1.165, 1.54) is 0 Å². The van der Waals surface area contributed by atoms with Gasteiger partial charge < -0.3 is 18.9 Å². The second-order valence-corrected chi connectivity index (χ2v) is 8.63. The first-order valence-electron chi connectivity index (χ1n) is 10.6. The smallest absolute Gasteiger partial charge is 0.409 e. The minimum atomic E-state index is -0.342. The Labute approximate surface area is 181 Å². The molecular formula is C25H23BN4O. The molecular weight excluding hydrogens is 383 g/mol. The number of furan rings is 1. The number of benzene rings is 2. The molecule has 0 N–H and O–H groups in total. The number of aromatic nitrogens is 1. The van der Waals surface area contributed by atoms with Gasteiger partial charge in [-0.2, -0.15) is 0 Å². The Balaban J connectivity index is 1.54. The number of hydrogen-bond donors (Lipinski definition) is 0. The molecule has 0 radical (unpaired) electrons. The van der Waals surface area contributed by atoms with Gasteiger partial charge in [0.2, 0.25) is 0 Å². The van der Waals surface area contributed by atoms with Crippen LogP contribution in [-0.4, -0.2) is 29.5 Å². The first-order valence-corrected chi connectivity index (χ1v) is 10.6. The van der Waals surface area contributed by atoms with Crippen molar-refractivity contribution >= 4 is 47.3 Å². The second kappa shape index (κ2) is 6.41. The molecule has 152 valence electrons. The molecule has 2 aliphatic heterocycles. The SMILES string of the molecule is CN1C=c2c(oc3ccccc23)=CB1N1c2ncccc2N(c2ccccc2)C1(C)C. The Bertz CT molecular complexity index is 1410. The van der Waals surface area contributed by atoms with Crippen molar-refractivity contribution in [2.75, 3.05) is 16.8 Å². The number of anilines is 3. The van der Waals surface area contributed by atoms with Gasteiger partial charge in [0.05, 0.1) is 5.69 Å². The molecule has 0 saturated heterocycles. The van der Waals surface area contributed by atoms with Crippen molar-refractivity contribution in [2.24, 2.45) is 0 Å². The molecule has 6 heteroatoms. The summed E-state index contributed by atoms with van der Waals surface area (Å²) in [4.78, 5) is 11.8. The molecule has 4 heterocycles. The highest BCUT2D eigenvalue weighted by Crippen LogP contribution is 2.48. The molecule has 5 nitrogen and oxygen atoms in total. The van der Waals surface area contributed by atoms with E-state index >= 15 is 0 Å². The Hall–Kier alpha value is -3.67. The molecule has 2 aliphatic rings. The van der Waals surface area contributed by atoms with Crippen LogP contribution < -0.4 is 20.3 Å². The third-order valence-electron chi connectivity index (χ3n) is 6.36. The maximum atomic E-state index is 6.22. The molecule has 0 atom stereocenters. The topological polar surface area (TPSA) is 35.8 Å². The fourth-order valence-corrected chi connectivity index (χ4v) is 5.02. The summed E-state index contributed by atoms with van der Waals surface area (Å²) >= 11 is 0. The Morgan fingerprint density at radius 2 is 1.71 bits per heavy atom. The predicted molar refractivity (Wildman–Crippen MR) is 127 cm³/mol. The van der Waals surface area contributed by atoms with Gasteiger partial charge in [0.25, 0.3) is 0 Å². The molecule has 0 amide bonds. The molecule has 6 rings (SSSR count). The van der Waals surface area contributed by atoms with Crippen molar-refractivity contribution in [2.45, 2.75) is 19.5 Å². The van der Waals surface area contributed by atoms with Crippen LogP contribution in [0.3, 0.4) is 0 Å². The van der Waals surface area contributed by atoms with Gasteiger partial charge in [0.15, 0.2) is 0 Å². The lowest BCUT2D eigenvalue weighted by Gasteiger charge is -2.44. The largest absolute Gasteiger partial charge is 0.457 e. The number of pyridine rings is 1. The van der Waals surface area contributed by atoms with E-state index in [-0.39, 0.29) is 12.6 Å². The summed E-state index contributed by atoms with van der Waals surface area (Å²) in [5, 5.41) is 2.27. The van der Waals surface area contributed by atoms with Crippen molar-refractivity contribution in [3.63, 3.8) is 0 Å². The van der Waals surface area contributed by atoms with Crippen molar-refractivity contribution in [1.29, 1.82) is 0 Å². The first-order chi connectivity index (χ1) is 15.1. The number of rotatable bonds is 2. The van der Waals surface area contributed by atoms with Gasteiger partial charge in [-0.05, 0) is 57.2 Å². The number of fused-ring (bicyclic) bond motifs is 4. The lowest BCUT2D eigenvalue weighted by molar-refractivity contribution is 0.537. The van der Waals surface area contributed by atoms with E-state index in [1.807, 2.05) is 24.4 Å². The van der Waals surface area contributed by atoms with Gasteiger partial charge in [0, 0.05) is 28.7 Å². The van der Waals surface area contributed by atoms with Crippen LogP contribution >= 0.6 is 0 Å². The standard InChI is InChI=1S/C25H23BN4O/c1-25(2)29(18-10-5-4-6-11-18)21-13-9-15-27-24(21)30(25)26-16-23-20(17-28(26)3)19-12-7-8-14-22(19)31-23/h4-17H,1-3H3. The van der Waals surface area contributed by atoms with Crippen LogP contribution in [0.2, 0.25) is 0 Å². The van der Waals surface area contributed by atoms with Crippen LogP contribution in [-0.2, 0) is 0 Å². The zero-order valence-corrected chi connectivity index (χ0v) is 17.9. The van der Waals surface area contributed by atoms with Crippen LogP contribution in [0.4, 0.5) is 17.2 Å². The minimum Gasteiger partial charge on any atom is -0.457 e. The second-order valence-electron chi connectivity index (χ2n) is 8.63. The average Bonchev–Trinajstić information content (AvgIpc) is 3.24. The average molecular weight is 406 g/mol. The van der Waals surface area contributed by atoms with E-state index < -0.39 is 0 Å². The number of para-hydroxylation sites is 2. The summed E-state index contributed by atoms with van der Waals surface area (Å²) in [5.41, 5.74) is 3.74. The summed E-state index contributed by atoms with van der Waals surface area (Å²) in [6, 6.07) is 22.9. The van der Waals surface area contributed by atoms with Gasteiger partial charge in [0.1, 0.15) is 22.5 Å².